The van der Waals surface area contributed by atoms with E-state index in [4.69, 9.17) is 5.73 Å². The third-order valence-electron chi connectivity index (χ3n) is 15.1. The molecule has 3 heterocycles. The predicted molar refractivity (Wildman–Crippen MR) is 310 cm³/mol. The van der Waals surface area contributed by atoms with E-state index < -0.39 is 157 Å². The van der Waals surface area contributed by atoms with Crippen LogP contribution in [0.3, 0.4) is 0 Å². The van der Waals surface area contributed by atoms with Crippen LogP contribution in [0.15, 0.2) is 30.5 Å². The monoisotopic (exact) mass is 1180 g/mol. The SMILES string of the molecule is CCCC[C@H](NC(=O)[C@H](CCC(=O)C(=O)NC)NC(=O)CNC(=O)[C@@H]1CCCN1C(=O)CNC(=O)[C@H](CC(C)C)NC(C)=O)C(=O)NC(C(=O)N[C@@H](CC(C)C)C(=O)N1CCC[C@H]1C(=O)N[C@@H](Cc1c[nH]c2ccccc12)C(N)=O)[C@H](C)CC. The Morgan fingerprint density at radius 1 is 0.655 bits per heavy atom. The Kier molecular flexibility index (Phi) is 27.3. The second-order valence-corrected chi connectivity index (χ2v) is 22.7. The predicted octanol–water partition coefficient (Wildman–Crippen LogP) is -0.237. The summed E-state index contributed by atoms with van der Waals surface area (Å²) in [6.07, 6.45) is 4.31. The van der Waals surface area contributed by atoms with E-state index in [0.29, 0.717) is 38.5 Å². The molecule has 1 aromatic heterocycles. The average Bonchev–Trinajstić information content (AvgIpc) is 3.80. The molecular weight excluding hydrogens is 1090 g/mol. The number of aromatic amines is 1. The van der Waals surface area contributed by atoms with Gasteiger partial charge in [0.15, 0.2) is 0 Å². The highest BCUT2D eigenvalue weighted by Gasteiger charge is 2.41. The summed E-state index contributed by atoms with van der Waals surface area (Å²) in [5.41, 5.74) is 7.40. The highest BCUT2D eigenvalue weighted by Crippen LogP contribution is 2.24. The summed E-state index contributed by atoms with van der Waals surface area (Å²) in [5.74, 6) is -9.82. The Hall–Kier alpha value is -7.93. The topological polar surface area (TPSA) is 378 Å². The van der Waals surface area contributed by atoms with Crippen molar-refractivity contribution >= 4 is 87.6 Å². The molecule has 2 aromatic rings. The van der Waals surface area contributed by atoms with Gasteiger partial charge in [-0.3, -0.25) is 62.3 Å². The van der Waals surface area contributed by atoms with Gasteiger partial charge in [0.1, 0.15) is 48.3 Å². The largest absolute Gasteiger partial charge is 0.368 e. The van der Waals surface area contributed by atoms with Gasteiger partial charge in [-0.2, -0.15) is 0 Å². The number of benzene rings is 1. The van der Waals surface area contributed by atoms with Gasteiger partial charge in [0.05, 0.1) is 13.1 Å². The minimum Gasteiger partial charge on any atom is -0.368 e. The number of Topliss-reactive ketones (excluding diaryl/α,β-unsaturated/α-hetero) is 1. The van der Waals surface area contributed by atoms with Crippen molar-refractivity contribution in [2.75, 3.05) is 33.2 Å². The molecule has 1 aromatic carbocycles. The lowest BCUT2D eigenvalue weighted by Crippen LogP contribution is -2.61. The number of carbonyl (C=O) groups excluding carboxylic acids is 13. The number of hydrogen-bond acceptors (Lipinski definition) is 13. The fourth-order valence-corrected chi connectivity index (χ4v) is 10.4. The minimum atomic E-state index is -1.53. The van der Waals surface area contributed by atoms with Crippen molar-refractivity contribution in [1.29, 1.82) is 0 Å². The molecule has 2 saturated heterocycles. The quantitative estimate of drug-likeness (QED) is 0.0412. The van der Waals surface area contributed by atoms with Crippen molar-refractivity contribution in [3.63, 3.8) is 0 Å². The van der Waals surface area contributed by atoms with E-state index >= 15 is 0 Å². The third-order valence-corrected chi connectivity index (χ3v) is 15.1. The van der Waals surface area contributed by atoms with Crippen LogP contribution in [-0.4, -0.2) is 173 Å². The molecule has 9 atom stereocenters. The summed E-state index contributed by atoms with van der Waals surface area (Å²) < 4.78 is 0. The molecule has 4 rings (SSSR count). The lowest BCUT2D eigenvalue weighted by Gasteiger charge is -2.32. The first-order valence-electron chi connectivity index (χ1n) is 29.3. The van der Waals surface area contributed by atoms with E-state index in [9.17, 15) is 62.3 Å². The number of nitrogens with zero attached hydrogens (tertiary/aromatic N) is 2. The second kappa shape index (κ2) is 33.4. The first-order chi connectivity index (χ1) is 39.8. The number of aromatic nitrogens is 1. The maximum absolute atomic E-state index is 14.5. The van der Waals surface area contributed by atoms with Gasteiger partial charge in [-0.1, -0.05) is 85.9 Å². The van der Waals surface area contributed by atoms with Gasteiger partial charge >= 0.3 is 0 Å². The van der Waals surface area contributed by atoms with Crippen LogP contribution in [0.2, 0.25) is 0 Å². The van der Waals surface area contributed by atoms with Crippen molar-refractivity contribution in [3.8, 4) is 0 Å². The molecule has 0 spiro atoms. The molecule has 0 bridgehead atoms. The zero-order chi connectivity index (χ0) is 62.4. The Labute approximate surface area is 490 Å². The molecule has 0 radical (unpaired) electrons. The molecule has 26 nitrogen and oxygen atoms in total. The number of likely N-dealkylation sites (tertiary alicyclic amines) is 2. The number of fused-ring (bicyclic) bond motifs is 1. The lowest BCUT2D eigenvalue weighted by molar-refractivity contribution is -0.143. The lowest BCUT2D eigenvalue weighted by atomic mass is 9.95. The maximum Gasteiger partial charge on any atom is 0.287 e. The number of para-hydroxylation sites is 1. The maximum atomic E-state index is 14.5. The fourth-order valence-electron chi connectivity index (χ4n) is 10.4. The van der Waals surface area contributed by atoms with Crippen LogP contribution in [0.1, 0.15) is 138 Å². The van der Waals surface area contributed by atoms with Crippen molar-refractivity contribution in [1.82, 2.24) is 62.6 Å². The number of H-pyrrole nitrogens is 1. The van der Waals surface area contributed by atoms with Crippen molar-refractivity contribution < 1.29 is 62.3 Å². The molecule has 12 N–H and O–H groups in total. The summed E-state index contributed by atoms with van der Waals surface area (Å²) in [7, 11) is 1.25. The number of hydrogen-bond donors (Lipinski definition) is 11. The Morgan fingerprint density at radius 2 is 1.26 bits per heavy atom. The van der Waals surface area contributed by atoms with Gasteiger partial charge in [-0.15, -0.1) is 0 Å². The molecule has 26 heteroatoms. The summed E-state index contributed by atoms with van der Waals surface area (Å²) >= 11 is 0. The number of carbonyl (C=O) groups is 13. The number of unbranched alkanes of at least 4 members (excludes halogenated alkanes) is 1. The van der Waals surface area contributed by atoms with E-state index in [0.717, 1.165) is 16.5 Å². The van der Waals surface area contributed by atoms with Gasteiger partial charge in [0.25, 0.3) is 5.91 Å². The average molecular weight is 1180 g/mol. The minimum absolute atomic E-state index is 0.0544. The standard InChI is InChI=1S/C58H89N13O13/c1-10-12-18-39(66-52(78)40(22-23-46(73)56(82)60-9)65-47(74)30-62-54(80)44-20-15-24-70(44)48(75)31-63-51(77)42(26-32(3)4)64-35(8)72)53(79)69-49(34(7)11-2)57(83)68-43(27-33(5)6)58(84)71-25-16-21-45(71)55(81)67-41(50(59)76)28-36-29-61-38-19-14-13-17-37(36)38/h13-14,17,19,29,32-34,39-45,49,61H,10-12,15-16,18,20-28,30-31H2,1-9H3,(H2,59,76)(H,60,82)(H,62,80)(H,63,77)(H,64,72)(H,65,74)(H,66,78)(H,67,81)(H,68,83)(H,69,79)/t34-,39+,40+,41+,42+,43+,44+,45+,49?/m1/s1. The van der Waals surface area contributed by atoms with Gasteiger partial charge < -0.3 is 68.4 Å². The highest BCUT2D eigenvalue weighted by molar-refractivity contribution is 6.36. The molecule has 84 heavy (non-hydrogen) atoms. The van der Waals surface area contributed by atoms with Crippen LogP contribution in [0, 0.1) is 17.8 Å². The fraction of sp³-hybridized carbons (Fsp3) is 0.638. The van der Waals surface area contributed by atoms with Crippen LogP contribution in [-0.2, 0) is 68.7 Å². The van der Waals surface area contributed by atoms with Crippen molar-refractivity contribution in [3.05, 3.63) is 36.0 Å². The summed E-state index contributed by atoms with van der Waals surface area (Å²) in [4.78, 5) is 180. The number of rotatable bonds is 33. The number of likely N-dealkylation sites (N-methyl/N-ethyl adjacent to an activating group) is 1. The summed E-state index contributed by atoms with van der Waals surface area (Å²) in [6, 6.07) is -1.67. The molecule has 1 unspecified atom stereocenters. The highest BCUT2D eigenvalue weighted by atomic mass is 16.2. The molecule has 12 amide bonds. The van der Waals surface area contributed by atoms with E-state index in [1.165, 1.54) is 23.8 Å². The van der Waals surface area contributed by atoms with Crippen LogP contribution in [0.25, 0.3) is 10.9 Å². The Bertz CT molecular complexity index is 2690. The van der Waals surface area contributed by atoms with Gasteiger partial charge in [0, 0.05) is 57.0 Å². The third kappa shape index (κ3) is 20.4. The summed E-state index contributed by atoms with van der Waals surface area (Å²) in [5, 5.41) is 24.2. The molecule has 0 aliphatic carbocycles. The molecule has 0 saturated carbocycles. The van der Waals surface area contributed by atoms with Crippen LogP contribution in [0.4, 0.5) is 0 Å². The number of primary amides is 1. The van der Waals surface area contributed by atoms with E-state index in [1.807, 2.05) is 58.9 Å². The first kappa shape index (κ1) is 68.6. The smallest absolute Gasteiger partial charge is 0.287 e. The zero-order valence-electron chi connectivity index (χ0n) is 50.0. The molecule has 2 aliphatic heterocycles. The normalized spacial score (nSPS) is 17.4. The van der Waals surface area contributed by atoms with E-state index in [-0.39, 0.29) is 57.0 Å². The van der Waals surface area contributed by atoms with Crippen LogP contribution >= 0.6 is 0 Å². The Morgan fingerprint density at radius 3 is 1.88 bits per heavy atom. The molecular formula is C58H89N13O13. The number of nitrogens with two attached hydrogens (primary N) is 1. The number of ketones is 1. The first-order valence-corrected chi connectivity index (χ1v) is 29.3. The van der Waals surface area contributed by atoms with E-state index in [1.54, 1.807) is 20.0 Å². The summed E-state index contributed by atoms with van der Waals surface area (Å²) in [6.45, 7) is 13.4. The Balaban J connectivity index is 1.46. The van der Waals surface area contributed by atoms with Crippen molar-refractivity contribution in [2.45, 2.75) is 187 Å². The molecule has 2 fully saturated rings. The second-order valence-electron chi connectivity index (χ2n) is 22.7. The number of amides is 12. The van der Waals surface area contributed by atoms with Gasteiger partial charge in [-0.25, -0.2) is 0 Å². The van der Waals surface area contributed by atoms with Crippen LogP contribution < -0.4 is 53.6 Å². The molecule has 2 aliphatic rings. The van der Waals surface area contributed by atoms with Crippen molar-refractivity contribution in [2.24, 2.45) is 23.5 Å². The van der Waals surface area contributed by atoms with Gasteiger partial charge in [0.2, 0.25) is 70.8 Å². The zero-order valence-corrected chi connectivity index (χ0v) is 50.0. The molecule has 464 valence electrons. The number of nitrogens with one attached hydrogen (secondary N) is 10. The van der Waals surface area contributed by atoms with Gasteiger partial charge in [-0.05, 0) is 80.8 Å². The van der Waals surface area contributed by atoms with Crippen LogP contribution in [0.5, 0.6) is 0 Å². The van der Waals surface area contributed by atoms with E-state index in [2.05, 4.69) is 52.8 Å².